The van der Waals surface area contributed by atoms with E-state index in [1.165, 1.54) is 0 Å². The first-order valence-corrected chi connectivity index (χ1v) is 4.58. The summed E-state index contributed by atoms with van der Waals surface area (Å²) in [5, 5.41) is 8.77. The standard InChI is InChI=1S/C10H12ClFO/c1-7-5-8(3-2-4-13)6-9(11)10(7)12/h5-6,13H,2-4H2,1H3. The molecule has 1 nitrogen and oxygen atoms in total. The van der Waals surface area contributed by atoms with Crippen LogP contribution in [0.25, 0.3) is 0 Å². The van der Waals surface area contributed by atoms with Gasteiger partial charge < -0.3 is 5.11 Å². The lowest BCUT2D eigenvalue weighted by atomic mass is 10.1. The van der Waals surface area contributed by atoms with E-state index >= 15 is 0 Å². The Kier molecular flexibility index (Phi) is 3.70. The van der Waals surface area contributed by atoms with Crippen molar-refractivity contribution in [3.05, 3.63) is 34.1 Å². The fraction of sp³-hybridized carbons (Fsp3) is 0.400. The second kappa shape index (κ2) is 4.58. The van der Waals surface area contributed by atoms with Gasteiger partial charge in [-0.3, -0.25) is 0 Å². The van der Waals surface area contributed by atoms with Gasteiger partial charge in [0.15, 0.2) is 0 Å². The van der Waals surface area contributed by atoms with Crippen molar-refractivity contribution in [2.75, 3.05) is 6.61 Å². The molecule has 1 aromatic carbocycles. The van der Waals surface area contributed by atoms with Crippen LogP contribution in [0.3, 0.4) is 0 Å². The topological polar surface area (TPSA) is 20.2 Å². The van der Waals surface area contributed by atoms with Crippen LogP contribution in [-0.4, -0.2) is 11.7 Å². The summed E-state index contributed by atoms with van der Waals surface area (Å²) in [7, 11) is 0. The molecule has 0 radical (unpaired) electrons. The molecule has 0 saturated carbocycles. The normalized spacial score (nSPS) is 10.5. The minimum atomic E-state index is -0.352. The summed E-state index contributed by atoms with van der Waals surface area (Å²) < 4.78 is 13.1. The van der Waals surface area contributed by atoms with Gasteiger partial charge in [-0.2, -0.15) is 0 Å². The van der Waals surface area contributed by atoms with Crippen molar-refractivity contribution < 1.29 is 9.50 Å². The van der Waals surface area contributed by atoms with Gasteiger partial charge in [-0.25, -0.2) is 4.39 Å². The maximum absolute atomic E-state index is 13.1. The summed E-state index contributed by atoms with van der Waals surface area (Å²) in [5.41, 5.74) is 1.53. The number of benzene rings is 1. The zero-order chi connectivity index (χ0) is 9.84. The van der Waals surface area contributed by atoms with Crippen molar-refractivity contribution in [1.29, 1.82) is 0 Å². The van der Waals surface area contributed by atoms with E-state index in [2.05, 4.69) is 0 Å². The van der Waals surface area contributed by atoms with E-state index in [-0.39, 0.29) is 17.4 Å². The minimum Gasteiger partial charge on any atom is -0.396 e. The molecule has 1 N–H and O–H groups in total. The van der Waals surface area contributed by atoms with Crippen LogP contribution in [0.2, 0.25) is 5.02 Å². The van der Waals surface area contributed by atoms with Crippen LogP contribution in [0.1, 0.15) is 17.5 Å². The van der Waals surface area contributed by atoms with Crippen LogP contribution in [-0.2, 0) is 6.42 Å². The molecule has 0 bridgehead atoms. The van der Waals surface area contributed by atoms with Crippen LogP contribution in [0.5, 0.6) is 0 Å². The average Bonchev–Trinajstić information content (AvgIpc) is 2.10. The number of aryl methyl sites for hydroxylation is 2. The van der Waals surface area contributed by atoms with Gasteiger partial charge in [0.25, 0.3) is 0 Å². The molecule has 1 rings (SSSR count). The van der Waals surface area contributed by atoms with E-state index in [1.54, 1.807) is 19.1 Å². The van der Waals surface area contributed by atoms with Crippen molar-refractivity contribution in [2.24, 2.45) is 0 Å². The predicted octanol–water partition coefficient (Wildman–Crippen LogP) is 2.71. The number of hydrogen-bond donors (Lipinski definition) is 1. The summed E-state index contributed by atoms with van der Waals surface area (Å²) in [4.78, 5) is 0. The average molecular weight is 203 g/mol. The molecule has 0 amide bonds. The molecule has 0 aliphatic carbocycles. The lowest BCUT2D eigenvalue weighted by Gasteiger charge is -2.04. The molecule has 1 aromatic rings. The van der Waals surface area contributed by atoms with Crippen molar-refractivity contribution in [1.82, 2.24) is 0 Å². The fourth-order valence-electron chi connectivity index (χ4n) is 1.23. The van der Waals surface area contributed by atoms with Gasteiger partial charge in [0.1, 0.15) is 5.82 Å². The van der Waals surface area contributed by atoms with Gasteiger partial charge in [-0.1, -0.05) is 17.7 Å². The molecule has 72 valence electrons. The minimum absolute atomic E-state index is 0.147. The first kappa shape index (κ1) is 10.5. The van der Waals surface area contributed by atoms with Crippen LogP contribution < -0.4 is 0 Å². The molecule has 13 heavy (non-hydrogen) atoms. The largest absolute Gasteiger partial charge is 0.396 e. The highest BCUT2D eigenvalue weighted by molar-refractivity contribution is 6.30. The van der Waals surface area contributed by atoms with Crippen LogP contribution in [0.4, 0.5) is 4.39 Å². The number of halogens is 2. The third-order valence-corrected chi connectivity index (χ3v) is 2.17. The highest BCUT2D eigenvalue weighted by Crippen LogP contribution is 2.20. The zero-order valence-corrected chi connectivity index (χ0v) is 8.24. The Balaban J connectivity index is 2.86. The highest BCUT2D eigenvalue weighted by Gasteiger charge is 2.05. The number of aliphatic hydroxyl groups is 1. The second-order valence-corrected chi connectivity index (χ2v) is 3.44. The predicted molar refractivity (Wildman–Crippen MR) is 51.6 cm³/mol. The molecule has 0 aromatic heterocycles. The Morgan fingerprint density at radius 1 is 1.46 bits per heavy atom. The van der Waals surface area contributed by atoms with Crippen LogP contribution in [0, 0.1) is 12.7 Å². The Bertz CT molecular complexity index is 276. The quantitative estimate of drug-likeness (QED) is 0.799. The second-order valence-electron chi connectivity index (χ2n) is 3.04. The van der Waals surface area contributed by atoms with Gasteiger partial charge >= 0.3 is 0 Å². The van der Waals surface area contributed by atoms with E-state index in [9.17, 15) is 4.39 Å². The van der Waals surface area contributed by atoms with Gasteiger partial charge in [-0.05, 0) is 37.0 Å². The zero-order valence-electron chi connectivity index (χ0n) is 7.48. The van der Waals surface area contributed by atoms with E-state index in [4.69, 9.17) is 16.7 Å². The first-order valence-electron chi connectivity index (χ1n) is 4.20. The molecule has 3 heteroatoms. The SMILES string of the molecule is Cc1cc(CCCO)cc(Cl)c1F. The molecule has 0 fully saturated rings. The number of hydrogen-bond acceptors (Lipinski definition) is 1. The Morgan fingerprint density at radius 3 is 2.69 bits per heavy atom. The van der Waals surface area contributed by atoms with Crippen molar-refractivity contribution in [3.8, 4) is 0 Å². The summed E-state index contributed by atoms with van der Waals surface area (Å²) >= 11 is 5.66. The third kappa shape index (κ3) is 2.68. The molecule has 0 atom stereocenters. The van der Waals surface area contributed by atoms with Gasteiger partial charge in [0.05, 0.1) is 5.02 Å². The van der Waals surface area contributed by atoms with E-state index < -0.39 is 0 Å². The fourth-order valence-corrected chi connectivity index (χ4v) is 1.51. The molecule has 0 aliphatic rings. The van der Waals surface area contributed by atoms with E-state index in [0.717, 1.165) is 12.0 Å². The molecule has 0 heterocycles. The maximum atomic E-state index is 13.1. The van der Waals surface area contributed by atoms with Gasteiger partial charge in [0.2, 0.25) is 0 Å². The van der Waals surface area contributed by atoms with Crippen LogP contribution >= 0.6 is 11.6 Å². The molecular formula is C10H12ClFO. The summed E-state index contributed by atoms with van der Waals surface area (Å²) in [6, 6.07) is 3.37. The van der Waals surface area contributed by atoms with Crippen molar-refractivity contribution in [2.45, 2.75) is 19.8 Å². The van der Waals surface area contributed by atoms with Crippen LogP contribution in [0.15, 0.2) is 12.1 Å². The number of aliphatic hydroxyl groups excluding tert-OH is 1. The third-order valence-electron chi connectivity index (χ3n) is 1.89. The summed E-state index contributed by atoms with van der Waals surface area (Å²) in [6.07, 6.45) is 1.42. The Morgan fingerprint density at radius 2 is 2.15 bits per heavy atom. The number of rotatable bonds is 3. The molecule has 0 aliphatic heterocycles. The summed E-state index contributed by atoms with van der Waals surface area (Å²) in [6.45, 7) is 1.83. The van der Waals surface area contributed by atoms with E-state index in [1.807, 2.05) is 0 Å². The van der Waals surface area contributed by atoms with E-state index in [0.29, 0.717) is 12.0 Å². The molecule has 0 spiro atoms. The first-order chi connectivity index (χ1) is 6.15. The van der Waals surface area contributed by atoms with Crippen molar-refractivity contribution >= 4 is 11.6 Å². The molecular weight excluding hydrogens is 191 g/mol. The molecule has 0 saturated heterocycles. The lowest BCUT2D eigenvalue weighted by Crippen LogP contribution is -1.93. The Labute approximate surface area is 82.2 Å². The smallest absolute Gasteiger partial charge is 0.144 e. The molecule has 0 unspecified atom stereocenters. The maximum Gasteiger partial charge on any atom is 0.144 e. The lowest BCUT2D eigenvalue weighted by molar-refractivity contribution is 0.288. The van der Waals surface area contributed by atoms with Crippen molar-refractivity contribution in [3.63, 3.8) is 0 Å². The Hall–Kier alpha value is -0.600. The summed E-state index contributed by atoms with van der Waals surface area (Å²) in [5.74, 6) is -0.352. The van der Waals surface area contributed by atoms with Gasteiger partial charge in [0, 0.05) is 6.61 Å². The highest BCUT2D eigenvalue weighted by atomic mass is 35.5. The van der Waals surface area contributed by atoms with Gasteiger partial charge in [-0.15, -0.1) is 0 Å². The monoisotopic (exact) mass is 202 g/mol.